The highest BCUT2D eigenvalue weighted by molar-refractivity contribution is 7.80. The Hall–Kier alpha value is -1.15. The van der Waals surface area contributed by atoms with Gasteiger partial charge in [0.15, 0.2) is 0 Å². The van der Waals surface area contributed by atoms with Crippen molar-refractivity contribution in [1.82, 2.24) is 10.3 Å². The van der Waals surface area contributed by atoms with Gasteiger partial charge in [0.1, 0.15) is 0 Å². The number of hydrogen-bond donors (Lipinski definition) is 3. The SMILES string of the molecule is C=CCNCCc1ccc[nH]1.COS(=O)(=O)O. The van der Waals surface area contributed by atoms with Crippen LogP contribution in [0, 0.1) is 0 Å². The van der Waals surface area contributed by atoms with Gasteiger partial charge in [-0.15, -0.1) is 6.58 Å². The van der Waals surface area contributed by atoms with Crippen LogP contribution in [0.15, 0.2) is 31.0 Å². The zero-order valence-corrected chi connectivity index (χ0v) is 10.5. The van der Waals surface area contributed by atoms with Crippen LogP contribution in [0.5, 0.6) is 0 Å². The van der Waals surface area contributed by atoms with Crippen LogP contribution in [0.3, 0.4) is 0 Å². The maximum absolute atomic E-state index is 9.33. The smallest absolute Gasteiger partial charge is 0.365 e. The van der Waals surface area contributed by atoms with Crippen molar-refractivity contribution in [3.63, 3.8) is 0 Å². The number of aromatic amines is 1. The Balaban J connectivity index is 0.000000366. The summed E-state index contributed by atoms with van der Waals surface area (Å²) < 4.78 is 29.7. The molecule has 7 heteroatoms. The maximum atomic E-state index is 9.33. The largest absolute Gasteiger partial charge is 0.397 e. The van der Waals surface area contributed by atoms with E-state index in [1.807, 2.05) is 18.3 Å². The van der Waals surface area contributed by atoms with Gasteiger partial charge in [0.05, 0.1) is 7.11 Å². The van der Waals surface area contributed by atoms with Crippen molar-refractivity contribution in [2.75, 3.05) is 20.2 Å². The molecule has 17 heavy (non-hydrogen) atoms. The van der Waals surface area contributed by atoms with Gasteiger partial charge >= 0.3 is 10.4 Å². The molecular formula is C10H18N2O4S. The Labute approximate surface area is 102 Å². The number of nitrogens with one attached hydrogen (secondary N) is 2. The average Bonchev–Trinajstić information content (AvgIpc) is 2.77. The van der Waals surface area contributed by atoms with Gasteiger partial charge in [0, 0.05) is 25.0 Å². The zero-order chi connectivity index (χ0) is 13.1. The Kier molecular flexibility index (Phi) is 8.34. The maximum Gasteiger partial charge on any atom is 0.397 e. The first-order valence-electron chi connectivity index (χ1n) is 4.96. The van der Waals surface area contributed by atoms with E-state index in [9.17, 15) is 8.42 Å². The molecule has 1 rings (SSSR count). The molecule has 0 saturated heterocycles. The molecule has 0 aromatic carbocycles. The minimum absolute atomic E-state index is 0.870. The normalized spacial score (nSPS) is 10.5. The van der Waals surface area contributed by atoms with Gasteiger partial charge in [-0.05, 0) is 18.6 Å². The standard InChI is InChI=1S/C9H14N2.CH4O4S/c1-2-6-10-8-5-9-4-3-7-11-9;1-5-6(2,3)4/h2-4,7,10-11H,1,5-6,8H2;1H3,(H,2,3,4). The molecule has 0 saturated carbocycles. The molecule has 0 unspecified atom stereocenters. The second kappa shape index (κ2) is 8.94. The van der Waals surface area contributed by atoms with Gasteiger partial charge in [-0.2, -0.15) is 8.42 Å². The van der Waals surface area contributed by atoms with E-state index < -0.39 is 10.4 Å². The minimum atomic E-state index is -4.16. The van der Waals surface area contributed by atoms with E-state index in [2.05, 4.69) is 27.1 Å². The summed E-state index contributed by atoms with van der Waals surface area (Å²) in [6.45, 7) is 5.52. The summed E-state index contributed by atoms with van der Waals surface area (Å²) in [6, 6.07) is 4.11. The molecule has 0 atom stereocenters. The molecule has 1 heterocycles. The Morgan fingerprint density at radius 2 is 2.29 bits per heavy atom. The number of aromatic nitrogens is 1. The average molecular weight is 262 g/mol. The third-order valence-corrected chi connectivity index (χ3v) is 2.15. The van der Waals surface area contributed by atoms with Crippen molar-refractivity contribution in [2.24, 2.45) is 0 Å². The highest BCUT2D eigenvalue weighted by Gasteiger charge is 1.94. The van der Waals surface area contributed by atoms with E-state index in [4.69, 9.17) is 4.55 Å². The summed E-state index contributed by atoms with van der Waals surface area (Å²) >= 11 is 0. The molecule has 0 bridgehead atoms. The van der Waals surface area contributed by atoms with E-state index >= 15 is 0 Å². The van der Waals surface area contributed by atoms with Gasteiger partial charge in [0.25, 0.3) is 0 Å². The second-order valence-corrected chi connectivity index (χ2v) is 4.22. The van der Waals surface area contributed by atoms with Crippen molar-refractivity contribution in [3.8, 4) is 0 Å². The third kappa shape index (κ3) is 11.1. The molecule has 0 aliphatic carbocycles. The molecule has 0 spiro atoms. The highest BCUT2D eigenvalue weighted by Crippen LogP contribution is 1.93. The minimum Gasteiger partial charge on any atom is -0.365 e. The first kappa shape index (κ1) is 15.9. The van der Waals surface area contributed by atoms with Crippen LogP contribution in [-0.4, -0.2) is 38.2 Å². The first-order chi connectivity index (χ1) is 7.99. The van der Waals surface area contributed by atoms with Crippen LogP contribution in [0.4, 0.5) is 0 Å². The summed E-state index contributed by atoms with van der Waals surface area (Å²) in [6.07, 6.45) is 4.87. The van der Waals surface area contributed by atoms with Gasteiger partial charge in [-0.1, -0.05) is 6.08 Å². The van der Waals surface area contributed by atoms with Crippen molar-refractivity contribution < 1.29 is 17.2 Å². The molecule has 1 aromatic rings. The topological polar surface area (TPSA) is 91.4 Å². The van der Waals surface area contributed by atoms with Crippen LogP contribution >= 0.6 is 0 Å². The van der Waals surface area contributed by atoms with Crippen molar-refractivity contribution in [1.29, 1.82) is 0 Å². The Morgan fingerprint density at radius 1 is 1.65 bits per heavy atom. The van der Waals surface area contributed by atoms with E-state index in [0.717, 1.165) is 26.6 Å². The molecule has 98 valence electrons. The lowest BCUT2D eigenvalue weighted by molar-refractivity contribution is 0.324. The van der Waals surface area contributed by atoms with Crippen LogP contribution in [0.2, 0.25) is 0 Å². The first-order valence-corrected chi connectivity index (χ1v) is 6.33. The molecule has 0 aliphatic heterocycles. The summed E-state index contributed by atoms with van der Waals surface area (Å²) in [4.78, 5) is 3.15. The predicted molar refractivity (Wildman–Crippen MR) is 66.1 cm³/mol. The van der Waals surface area contributed by atoms with Crippen LogP contribution in [0.1, 0.15) is 5.69 Å². The quantitative estimate of drug-likeness (QED) is 0.400. The van der Waals surface area contributed by atoms with Gasteiger partial charge in [-0.3, -0.25) is 8.74 Å². The fraction of sp³-hybridized carbons (Fsp3) is 0.400. The monoisotopic (exact) mass is 262 g/mol. The van der Waals surface area contributed by atoms with Crippen molar-refractivity contribution >= 4 is 10.4 Å². The summed E-state index contributed by atoms with van der Waals surface area (Å²) in [7, 11) is -3.29. The fourth-order valence-corrected chi connectivity index (χ4v) is 0.950. The van der Waals surface area contributed by atoms with Crippen molar-refractivity contribution in [3.05, 3.63) is 36.7 Å². The highest BCUT2D eigenvalue weighted by atomic mass is 32.3. The molecule has 3 N–H and O–H groups in total. The lowest BCUT2D eigenvalue weighted by Gasteiger charge is -1.98. The summed E-state index contributed by atoms with van der Waals surface area (Å²) in [5.41, 5.74) is 1.28. The summed E-state index contributed by atoms with van der Waals surface area (Å²) in [5, 5.41) is 3.24. The van der Waals surface area contributed by atoms with Gasteiger partial charge in [0.2, 0.25) is 0 Å². The Morgan fingerprint density at radius 3 is 2.71 bits per heavy atom. The molecule has 0 aliphatic rings. The molecule has 0 fully saturated rings. The van der Waals surface area contributed by atoms with Crippen molar-refractivity contribution in [2.45, 2.75) is 6.42 Å². The number of H-pyrrole nitrogens is 1. The summed E-state index contributed by atoms with van der Waals surface area (Å²) in [5.74, 6) is 0. The van der Waals surface area contributed by atoms with Gasteiger partial charge in [-0.25, -0.2) is 0 Å². The fourth-order valence-electron chi connectivity index (χ4n) is 0.950. The van der Waals surface area contributed by atoms with Crippen LogP contribution in [-0.2, 0) is 21.0 Å². The van der Waals surface area contributed by atoms with Crippen LogP contribution < -0.4 is 5.32 Å². The third-order valence-electron chi connectivity index (χ3n) is 1.73. The molecular weight excluding hydrogens is 244 g/mol. The zero-order valence-electron chi connectivity index (χ0n) is 9.72. The number of rotatable bonds is 6. The van der Waals surface area contributed by atoms with E-state index in [1.165, 1.54) is 5.69 Å². The Bertz CT molecular complexity index is 386. The molecule has 1 aromatic heterocycles. The number of hydrogen-bond acceptors (Lipinski definition) is 4. The van der Waals surface area contributed by atoms with Crippen LogP contribution in [0.25, 0.3) is 0 Å². The van der Waals surface area contributed by atoms with E-state index in [1.54, 1.807) is 0 Å². The lowest BCUT2D eigenvalue weighted by atomic mass is 10.3. The molecule has 0 radical (unpaired) electrons. The lowest BCUT2D eigenvalue weighted by Crippen LogP contribution is -2.16. The van der Waals surface area contributed by atoms with Gasteiger partial charge < -0.3 is 10.3 Å². The molecule has 6 nitrogen and oxygen atoms in total. The van der Waals surface area contributed by atoms with E-state index in [-0.39, 0.29) is 0 Å². The second-order valence-electron chi connectivity index (χ2n) is 3.03. The predicted octanol–water partition coefficient (Wildman–Crippen LogP) is 0.768. The van der Waals surface area contributed by atoms with E-state index in [0.29, 0.717) is 0 Å². The molecule has 0 amide bonds.